The number of nitrogens with one attached hydrogen (secondary N) is 8. The number of carbonyl (C=O) groups is 9. The smallest absolute Gasteiger partial charge is 0.326 e. The van der Waals surface area contributed by atoms with E-state index >= 15 is 0 Å². The summed E-state index contributed by atoms with van der Waals surface area (Å²) >= 11 is 1.34. The van der Waals surface area contributed by atoms with Gasteiger partial charge in [-0.2, -0.15) is 11.8 Å². The molecule has 0 aromatic carbocycles. The normalized spacial score (nSPS) is 15.0. The molecule has 27 heteroatoms. The van der Waals surface area contributed by atoms with Crippen molar-refractivity contribution < 1.29 is 58.5 Å². The average molecular weight is 1050 g/mol. The number of aliphatic carboxylic acids is 1. The lowest BCUT2D eigenvalue weighted by atomic mass is 10.00. The van der Waals surface area contributed by atoms with E-state index < -0.39 is 133 Å². The Morgan fingerprint density at radius 3 is 1.29 bits per heavy atom. The first-order chi connectivity index (χ1) is 33.9. The molecule has 0 saturated heterocycles. The highest BCUT2D eigenvalue weighted by Crippen LogP contribution is 2.12. The van der Waals surface area contributed by atoms with Gasteiger partial charge in [-0.25, -0.2) is 4.79 Å². The van der Waals surface area contributed by atoms with Crippen LogP contribution in [0.3, 0.4) is 0 Å². The van der Waals surface area contributed by atoms with Crippen LogP contribution in [0.5, 0.6) is 0 Å². The molecule has 414 valence electrons. The Morgan fingerprint density at radius 1 is 0.500 bits per heavy atom. The van der Waals surface area contributed by atoms with Crippen molar-refractivity contribution in [3.63, 3.8) is 0 Å². The molecule has 0 rings (SSSR count). The van der Waals surface area contributed by atoms with Gasteiger partial charge in [-0.1, -0.05) is 41.5 Å². The van der Waals surface area contributed by atoms with Gasteiger partial charge in [0.05, 0.1) is 19.3 Å². The molecular formula is C45H86N14O12S. The van der Waals surface area contributed by atoms with Gasteiger partial charge in [0, 0.05) is 6.54 Å². The van der Waals surface area contributed by atoms with E-state index in [4.69, 9.17) is 28.7 Å². The van der Waals surface area contributed by atoms with Gasteiger partial charge in [0.1, 0.15) is 48.3 Å². The monoisotopic (exact) mass is 1050 g/mol. The second-order valence-corrected chi connectivity index (χ2v) is 19.6. The first-order valence-corrected chi connectivity index (χ1v) is 25.9. The van der Waals surface area contributed by atoms with Crippen LogP contribution in [0.15, 0.2) is 4.99 Å². The van der Waals surface area contributed by atoms with E-state index in [-0.39, 0.29) is 57.1 Å². The standard InChI is InChI=1S/C45H86N14O12S/c1-24(2)21-31(55-36(62)27(48)13-12-19-51-45(49)50)40(66)56-33(23-61)42(68)57-32(22-60)41(67)53-30(16-20-72-7)39(65)58-34(25(3)4)43(69)54-28(14-8-10-17-46)37(63)52-29(15-9-11-18-47)38(64)59-35(26(5)6)44(70)71/h24-35,60-61H,8-23,46-48H2,1-7H3,(H,52,63)(H,53,67)(H,54,69)(H,55,62)(H,56,66)(H,57,68)(H,58,65)(H,59,64)(H,70,71)(H4,49,50,51)/t27-,28-,29-,30-,31-,32-,33-,34-,35-/m0/s1. The predicted octanol–water partition coefficient (Wildman–Crippen LogP) is -4.32. The first kappa shape index (κ1) is 66.7. The number of aliphatic hydroxyl groups is 2. The molecule has 0 aromatic rings. The van der Waals surface area contributed by atoms with Crippen molar-refractivity contribution in [1.29, 1.82) is 0 Å². The minimum atomic E-state index is -1.70. The number of amides is 8. The number of nitrogens with zero attached hydrogens (tertiary/aromatic N) is 1. The van der Waals surface area contributed by atoms with Crippen molar-refractivity contribution in [2.45, 2.75) is 160 Å². The van der Waals surface area contributed by atoms with Crippen LogP contribution >= 0.6 is 11.8 Å². The maximum Gasteiger partial charge on any atom is 0.326 e. The van der Waals surface area contributed by atoms with Crippen LogP contribution < -0.4 is 71.2 Å². The van der Waals surface area contributed by atoms with Gasteiger partial charge in [0.2, 0.25) is 47.3 Å². The largest absolute Gasteiger partial charge is 0.480 e. The Hall–Kier alpha value is -5.35. The molecular weight excluding hydrogens is 961 g/mol. The fourth-order valence-corrected chi connectivity index (χ4v) is 7.43. The number of nitrogens with two attached hydrogens (primary N) is 5. The van der Waals surface area contributed by atoms with Crippen molar-refractivity contribution in [3.05, 3.63) is 0 Å². The molecule has 0 fully saturated rings. The third-order valence-electron chi connectivity index (χ3n) is 11.2. The van der Waals surface area contributed by atoms with E-state index in [0.29, 0.717) is 44.4 Å². The van der Waals surface area contributed by atoms with Crippen LogP contribution in [0.1, 0.15) is 106 Å². The molecule has 8 amide bonds. The minimum absolute atomic E-state index is 0.0206. The van der Waals surface area contributed by atoms with Crippen molar-refractivity contribution in [3.8, 4) is 0 Å². The van der Waals surface area contributed by atoms with E-state index in [1.807, 2.05) is 0 Å². The minimum Gasteiger partial charge on any atom is -0.480 e. The Kier molecular flexibility index (Phi) is 33.8. The van der Waals surface area contributed by atoms with E-state index in [1.54, 1.807) is 47.8 Å². The highest BCUT2D eigenvalue weighted by atomic mass is 32.2. The van der Waals surface area contributed by atoms with Crippen molar-refractivity contribution >= 4 is 70.9 Å². The van der Waals surface area contributed by atoms with Crippen LogP contribution in [-0.2, 0) is 43.2 Å². The summed E-state index contributed by atoms with van der Waals surface area (Å²) in [5.74, 6) is -8.88. The highest BCUT2D eigenvalue weighted by molar-refractivity contribution is 7.98. The van der Waals surface area contributed by atoms with E-state index in [0.717, 1.165) is 0 Å². The molecule has 0 heterocycles. The summed E-state index contributed by atoms with van der Waals surface area (Å²) in [4.78, 5) is 124. The number of carboxylic acid groups (broad SMARTS) is 1. The van der Waals surface area contributed by atoms with Gasteiger partial charge in [-0.3, -0.25) is 43.3 Å². The topological polar surface area (TPSA) is 453 Å². The first-order valence-electron chi connectivity index (χ1n) is 24.5. The van der Waals surface area contributed by atoms with Crippen molar-refractivity contribution in [2.24, 2.45) is 51.4 Å². The number of carbonyl (C=O) groups excluding carboxylic acids is 8. The molecule has 21 N–H and O–H groups in total. The molecule has 0 aliphatic rings. The lowest BCUT2D eigenvalue weighted by molar-refractivity contribution is -0.143. The number of thioether (sulfide) groups is 1. The van der Waals surface area contributed by atoms with Crippen molar-refractivity contribution in [2.75, 3.05) is 44.9 Å². The fourth-order valence-electron chi connectivity index (χ4n) is 6.96. The molecule has 0 aliphatic heterocycles. The summed E-state index contributed by atoms with van der Waals surface area (Å²) in [6.45, 7) is 8.98. The highest BCUT2D eigenvalue weighted by Gasteiger charge is 2.36. The zero-order valence-electron chi connectivity index (χ0n) is 43.0. The number of hydrogen-bond donors (Lipinski definition) is 16. The third kappa shape index (κ3) is 26.4. The number of aliphatic hydroxyl groups excluding tert-OH is 2. The van der Waals surface area contributed by atoms with Gasteiger partial charge in [0.15, 0.2) is 5.96 Å². The molecule has 0 unspecified atom stereocenters. The Morgan fingerprint density at radius 2 is 0.889 bits per heavy atom. The molecule has 9 atom stereocenters. The van der Waals surface area contributed by atoms with Crippen LogP contribution in [-0.4, -0.2) is 174 Å². The lowest BCUT2D eigenvalue weighted by Gasteiger charge is -2.29. The van der Waals surface area contributed by atoms with E-state index in [1.165, 1.54) is 11.8 Å². The molecule has 0 saturated carbocycles. The SMILES string of the molecule is CSCC[C@H](NC(=O)[C@H](CO)NC(=O)[C@H](CO)NC(=O)[C@H](CC(C)C)NC(=O)[C@@H](N)CCCN=C(N)N)C(=O)N[C@H](C(=O)N[C@@H](CCCCN)C(=O)N[C@@H](CCCCN)C(=O)N[C@H](C(=O)O)C(C)C)C(C)C. The quantitative estimate of drug-likeness (QED) is 0.0158. The second kappa shape index (κ2) is 36.5. The number of aliphatic imine (C=N–C) groups is 1. The Labute approximate surface area is 427 Å². The van der Waals surface area contributed by atoms with Crippen molar-refractivity contribution in [1.82, 2.24) is 42.5 Å². The molecule has 0 radical (unpaired) electrons. The summed E-state index contributed by atoms with van der Waals surface area (Å²) < 4.78 is 0. The van der Waals surface area contributed by atoms with Crippen LogP contribution in [0.2, 0.25) is 0 Å². The number of unbranched alkanes of at least 4 members (excludes halogenated alkanes) is 2. The zero-order chi connectivity index (χ0) is 55.1. The summed E-state index contributed by atoms with van der Waals surface area (Å²) in [7, 11) is 0. The maximum absolute atomic E-state index is 14.0. The summed E-state index contributed by atoms with van der Waals surface area (Å²) in [6.07, 6.45) is 4.48. The Bertz CT molecular complexity index is 1760. The third-order valence-corrected chi connectivity index (χ3v) is 11.8. The Balaban J connectivity index is 6.26. The summed E-state index contributed by atoms with van der Waals surface area (Å²) in [5, 5.41) is 50.2. The van der Waals surface area contributed by atoms with E-state index in [2.05, 4.69) is 47.5 Å². The van der Waals surface area contributed by atoms with Gasteiger partial charge in [-0.15, -0.1) is 0 Å². The molecule has 0 spiro atoms. The van der Waals surface area contributed by atoms with Gasteiger partial charge in [-0.05, 0) is 107 Å². The second-order valence-electron chi connectivity index (χ2n) is 18.6. The van der Waals surface area contributed by atoms with Gasteiger partial charge >= 0.3 is 5.97 Å². The molecule has 0 bridgehead atoms. The molecule has 72 heavy (non-hydrogen) atoms. The fraction of sp³-hybridized carbons (Fsp3) is 0.778. The number of carboxylic acids is 1. The maximum atomic E-state index is 14.0. The molecule has 0 aromatic heterocycles. The van der Waals surface area contributed by atoms with Crippen LogP contribution in [0.4, 0.5) is 0 Å². The molecule has 0 aliphatic carbocycles. The number of guanidine groups is 1. The van der Waals surface area contributed by atoms with Gasteiger partial charge in [0.25, 0.3) is 0 Å². The van der Waals surface area contributed by atoms with Crippen LogP contribution in [0, 0.1) is 17.8 Å². The number of rotatable bonds is 38. The van der Waals surface area contributed by atoms with Crippen LogP contribution in [0.25, 0.3) is 0 Å². The predicted molar refractivity (Wildman–Crippen MR) is 273 cm³/mol. The zero-order valence-corrected chi connectivity index (χ0v) is 43.8. The summed E-state index contributed by atoms with van der Waals surface area (Å²) in [6, 6.07) is -11.8. The van der Waals surface area contributed by atoms with E-state index in [9.17, 15) is 58.5 Å². The number of hydrogen-bond acceptors (Lipinski definition) is 16. The average Bonchev–Trinajstić information content (AvgIpc) is 3.31. The lowest BCUT2D eigenvalue weighted by Crippen LogP contribution is -2.62. The summed E-state index contributed by atoms with van der Waals surface area (Å²) in [5.41, 5.74) is 28.0. The van der Waals surface area contributed by atoms with Gasteiger partial charge < -0.3 is 86.5 Å². The molecule has 26 nitrogen and oxygen atoms in total.